The molecule has 132 valence electrons. The standard InChI is InChI=1S/C19H17N3O2S2/c1-2-24-10-9-22-15-5-3-4-6-16(15)26-19(22)21-18(23)13-7-8-14-17(11-13)25-12-20-14/h3-8,11-12H,2,9-10H2,1H3. The highest BCUT2D eigenvalue weighted by atomic mass is 32.1. The number of rotatable bonds is 5. The monoisotopic (exact) mass is 383 g/mol. The van der Waals surface area contributed by atoms with E-state index in [1.807, 2.05) is 43.3 Å². The number of hydrogen-bond acceptors (Lipinski definition) is 5. The quantitative estimate of drug-likeness (QED) is 0.488. The largest absolute Gasteiger partial charge is 0.380 e. The number of hydrogen-bond donors (Lipinski definition) is 0. The van der Waals surface area contributed by atoms with Crippen molar-refractivity contribution < 1.29 is 9.53 Å². The predicted molar refractivity (Wildman–Crippen MR) is 106 cm³/mol. The fraction of sp³-hybridized carbons (Fsp3) is 0.211. The molecule has 7 heteroatoms. The van der Waals surface area contributed by atoms with Crippen molar-refractivity contribution in [1.29, 1.82) is 0 Å². The first-order valence-electron chi connectivity index (χ1n) is 8.34. The van der Waals surface area contributed by atoms with Gasteiger partial charge in [0.2, 0.25) is 0 Å². The minimum atomic E-state index is -0.239. The zero-order chi connectivity index (χ0) is 17.9. The van der Waals surface area contributed by atoms with Gasteiger partial charge in [-0.05, 0) is 37.3 Å². The third kappa shape index (κ3) is 3.33. The van der Waals surface area contributed by atoms with Crippen LogP contribution in [-0.4, -0.2) is 28.7 Å². The maximum Gasteiger partial charge on any atom is 0.279 e. The van der Waals surface area contributed by atoms with E-state index in [1.54, 1.807) is 11.6 Å². The summed E-state index contributed by atoms with van der Waals surface area (Å²) in [5.41, 5.74) is 4.33. The van der Waals surface area contributed by atoms with Crippen molar-refractivity contribution in [2.45, 2.75) is 13.5 Å². The molecule has 0 radical (unpaired) electrons. The Kier molecular flexibility index (Phi) is 4.92. The molecule has 0 aliphatic rings. The number of amides is 1. The summed E-state index contributed by atoms with van der Waals surface area (Å²) in [4.78, 5) is 22.1. The van der Waals surface area contributed by atoms with Crippen LogP contribution in [0, 0.1) is 0 Å². The molecular formula is C19H17N3O2S2. The second kappa shape index (κ2) is 7.49. The van der Waals surface area contributed by atoms with E-state index < -0.39 is 0 Å². The maximum absolute atomic E-state index is 12.7. The highest BCUT2D eigenvalue weighted by molar-refractivity contribution is 7.17. The van der Waals surface area contributed by atoms with Gasteiger partial charge in [-0.3, -0.25) is 4.79 Å². The van der Waals surface area contributed by atoms with Gasteiger partial charge in [-0.15, -0.1) is 11.3 Å². The van der Waals surface area contributed by atoms with Gasteiger partial charge in [-0.1, -0.05) is 23.5 Å². The number of carbonyl (C=O) groups excluding carboxylic acids is 1. The smallest absolute Gasteiger partial charge is 0.279 e. The minimum absolute atomic E-state index is 0.239. The molecule has 0 spiro atoms. The van der Waals surface area contributed by atoms with E-state index in [0.29, 0.717) is 30.1 Å². The number of ether oxygens (including phenoxy) is 1. The summed E-state index contributed by atoms with van der Waals surface area (Å²) in [6.07, 6.45) is 0. The van der Waals surface area contributed by atoms with Crippen LogP contribution in [0.4, 0.5) is 0 Å². The molecule has 0 saturated heterocycles. The van der Waals surface area contributed by atoms with Gasteiger partial charge in [0.25, 0.3) is 5.91 Å². The lowest BCUT2D eigenvalue weighted by atomic mass is 10.2. The highest BCUT2D eigenvalue weighted by Gasteiger charge is 2.10. The SMILES string of the molecule is CCOCCn1c(=NC(=O)c2ccc3ncsc3c2)sc2ccccc21. The van der Waals surface area contributed by atoms with Crippen LogP contribution in [0.5, 0.6) is 0 Å². The van der Waals surface area contributed by atoms with E-state index in [9.17, 15) is 4.79 Å². The zero-order valence-electron chi connectivity index (χ0n) is 14.2. The van der Waals surface area contributed by atoms with E-state index in [4.69, 9.17) is 4.74 Å². The summed E-state index contributed by atoms with van der Waals surface area (Å²) in [5.74, 6) is -0.239. The molecule has 0 atom stereocenters. The fourth-order valence-corrected chi connectivity index (χ4v) is 4.53. The number of benzene rings is 2. The Bertz CT molecular complexity index is 1140. The van der Waals surface area contributed by atoms with Gasteiger partial charge in [-0.25, -0.2) is 4.98 Å². The van der Waals surface area contributed by atoms with Crippen molar-refractivity contribution in [3.05, 3.63) is 58.3 Å². The number of nitrogens with zero attached hydrogens (tertiary/aromatic N) is 3. The lowest BCUT2D eigenvalue weighted by Crippen LogP contribution is -2.19. The van der Waals surface area contributed by atoms with Crippen LogP contribution in [-0.2, 0) is 11.3 Å². The summed E-state index contributed by atoms with van der Waals surface area (Å²) in [6, 6.07) is 13.6. The van der Waals surface area contributed by atoms with E-state index in [-0.39, 0.29) is 5.91 Å². The van der Waals surface area contributed by atoms with Crippen molar-refractivity contribution in [1.82, 2.24) is 9.55 Å². The van der Waals surface area contributed by atoms with Gasteiger partial charge in [0.15, 0.2) is 4.80 Å². The molecule has 0 aliphatic heterocycles. The number of thiazole rings is 2. The Balaban J connectivity index is 1.76. The van der Waals surface area contributed by atoms with Crippen molar-refractivity contribution in [3.63, 3.8) is 0 Å². The van der Waals surface area contributed by atoms with Crippen molar-refractivity contribution >= 4 is 49.0 Å². The molecule has 0 saturated carbocycles. The van der Waals surface area contributed by atoms with Gasteiger partial charge in [0.1, 0.15) is 0 Å². The molecule has 0 N–H and O–H groups in total. The normalized spacial score (nSPS) is 12.3. The van der Waals surface area contributed by atoms with Crippen LogP contribution >= 0.6 is 22.7 Å². The van der Waals surface area contributed by atoms with Crippen LogP contribution in [0.1, 0.15) is 17.3 Å². The number of carbonyl (C=O) groups is 1. The molecule has 5 nitrogen and oxygen atoms in total. The Morgan fingerprint density at radius 1 is 1.23 bits per heavy atom. The Morgan fingerprint density at radius 3 is 3.00 bits per heavy atom. The van der Waals surface area contributed by atoms with E-state index in [2.05, 4.69) is 14.5 Å². The lowest BCUT2D eigenvalue weighted by Gasteiger charge is -2.05. The van der Waals surface area contributed by atoms with Gasteiger partial charge in [0, 0.05) is 18.7 Å². The molecule has 4 aromatic rings. The van der Waals surface area contributed by atoms with Crippen LogP contribution in [0.25, 0.3) is 20.4 Å². The minimum Gasteiger partial charge on any atom is -0.380 e. The predicted octanol–water partition coefficient (Wildman–Crippen LogP) is 4.09. The molecule has 2 aromatic carbocycles. The molecular weight excluding hydrogens is 366 g/mol. The topological polar surface area (TPSA) is 56.5 Å². The third-order valence-electron chi connectivity index (χ3n) is 4.03. The fourth-order valence-electron chi connectivity index (χ4n) is 2.76. The molecule has 0 fully saturated rings. The third-order valence-corrected chi connectivity index (χ3v) is 5.88. The van der Waals surface area contributed by atoms with Crippen molar-refractivity contribution in [2.24, 2.45) is 4.99 Å². The van der Waals surface area contributed by atoms with Crippen molar-refractivity contribution in [2.75, 3.05) is 13.2 Å². The number of aromatic nitrogens is 2. The Labute approximate surface area is 158 Å². The molecule has 4 rings (SSSR count). The average Bonchev–Trinajstić information content (AvgIpc) is 3.26. The Hall–Kier alpha value is -2.35. The summed E-state index contributed by atoms with van der Waals surface area (Å²) in [6.45, 7) is 3.90. The molecule has 26 heavy (non-hydrogen) atoms. The average molecular weight is 383 g/mol. The summed E-state index contributed by atoms with van der Waals surface area (Å²) in [5, 5.41) is 0. The lowest BCUT2D eigenvalue weighted by molar-refractivity contribution is 0.0997. The zero-order valence-corrected chi connectivity index (χ0v) is 15.8. The van der Waals surface area contributed by atoms with E-state index in [0.717, 1.165) is 20.4 Å². The molecule has 2 aromatic heterocycles. The maximum atomic E-state index is 12.7. The second-order valence-electron chi connectivity index (χ2n) is 5.65. The van der Waals surface area contributed by atoms with E-state index in [1.165, 1.54) is 22.7 Å². The first-order chi connectivity index (χ1) is 12.8. The first kappa shape index (κ1) is 17.1. The number of fused-ring (bicyclic) bond motifs is 2. The molecule has 2 heterocycles. The van der Waals surface area contributed by atoms with Gasteiger partial charge in [0.05, 0.1) is 32.6 Å². The van der Waals surface area contributed by atoms with Crippen LogP contribution in [0.15, 0.2) is 53.0 Å². The summed E-state index contributed by atoms with van der Waals surface area (Å²) < 4.78 is 9.64. The highest BCUT2D eigenvalue weighted by Crippen LogP contribution is 2.20. The summed E-state index contributed by atoms with van der Waals surface area (Å²) in [7, 11) is 0. The molecule has 0 aliphatic carbocycles. The second-order valence-corrected chi connectivity index (χ2v) is 7.55. The van der Waals surface area contributed by atoms with Gasteiger partial charge < -0.3 is 9.30 Å². The first-order valence-corrected chi connectivity index (χ1v) is 10.0. The van der Waals surface area contributed by atoms with Gasteiger partial charge >= 0.3 is 0 Å². The van der Waals surface area contributed by atoms with Crippen LogP contribution in [0.2, 0.25) is 0 Å². The van der Waals surface area contributed by atoms with Gasteiger partial charge in [-0.2, -0.15) is 4.99 Å². The van der Waals surface area contributed by atoms with Crippen molar-refractivity contribution in [3.8, 4) is 0 Å². The molecule has 1 amide bonds. The summed E-state index contributed by atoms with van der Waals surface area (Å²) >= 11 is 3.04. The number of para-hydroxylation sites is 1. The Morgan fingerprint density at radius 2 is 2.12 bits per heavy atom. The molecule has 0 unspecified atom stereocenters. The van der Waals surface area contributed by atoms with Crippen LogP contribution in [0.3, 0.4) is 0 Å². The molecule has 0 bridgehead atoms. The van der Waals surface area contributed by atoms with E-state index >= 15 is 0 Å². The van der Waals surface area contributed by atoms with Crippen LogP contribution < -0.4 is 4.80 Å².